The molecule has 1 nitrogen and oxygen atoms in total. The second-order valence-electron chi connectivity index (χ2n) is 3.75. The van der Waals surface area contributed by atoms with Crippen molar-refractivity contribution >= 4 is 22.6 Å². The van der Waals surface area contributed by atoms with Gasteiger partial charge in [-0.15, -0.1) is 0 Å². The Morgan fingerprint density at radius 2 is 1.94 bits per heavy atom. The second kappa shape index (κ2) is 7.33. The number of hydrogen-bond acceptors (Lipinski definition) is 1. The molecule has 0 atom stereocenters. The molecule has 0 fully saturated rings. The first-order valence-electron chi connectivity index (χ1n) is 5.48. The SMILES string of the molecule is C=C(C)/C=C\C(=CC)Oc1ccc(CI)cc1. The Hall–Kier alpha value is -1.03. The van der Waals surface area contributed by atoms with E-state index in [9.17, 15) is 0 Å². The van der Waals surface area contributed by atoms with Crippen LogP contribution in [-0.2, 0) is 4.43 Å². The third-order valence-electron chi connectivity index (χ3n) is 2.13. The number of allylic oxidation sites excluding steroid dienone is 4. The van der Waals surface area contributed by atoms with Gasteiger partial charge in [0, 0.05) is 4.43 Å². The molecule has 1 aromatic rings. The molecule has 90 valence electrons. The van der Waals surface area contributed by atoms with Crippen LogP contribution in [0.4, 0.5) is 0 Å². The number of benzene rings is 1. The van der Waals surface area contributed by atoms with Crippen LogP contribution in [-0.4, -0.2) is 0 Å². The lowest BCUT2D eigenvalue weighted by Crippen LogP contribution is -1.92. The zero-order valence-corrected chi connectivity index (χ0v) is 12.4. The Bertz CT molecular complexity index is 427. The van der Waals surface area contributed by atoms with Crippen LogP contribution in [0.15, 0.2) is 60.4 Å². The van der Waals surface area contributed by atoms with E-state index in [0.717, 1.165) is 21.5 Å². The number of halogens is 1. The molecule has 0 saturated carbocycles. The fourth-order valence-corrected chi connectivity index (χ4v) is 1.70. The molecule has 2 heteroatoms. The van der Waals surface area contributed by atoms with Gasteiger partial charge in [0.05, 0.1) is 0 Å². The van der Waals surface area contributed by atoms with E-state index < -0.39 is 0 Å². The minimum atomic E-state index is 0.829. The van der Waals surface area contributed by atoms with Gasteiger partial charge >= 0.3 is 0 Å². The lowest BCUT2D eigenvalue weighted by Gasteiger charge is -2.06. The number of hydrogen-bond donors (Lipinski definition) is 0. The Kier molecular flexibility index (Phi) is 6.05. The highest BCUT2D eigenvalue weighted by atomic mass is 127. The first-order chi connectivity index (χ1) is 8.15. The summed E-state index contributed by atoms with van der Waals surface area (Å²) in [7, 11) is 0. The van der Waals surface area contributed by atoms with Gasteiger partial charge in [-0.25, -0.2) is 0 Å². The van der Waals surface area contributed by atoms with Crippen LogP contribution in [0.3, 0.4) is 0 Å². The van der Waals surface area contributed by atoms with E-state index in [1.165, 1.54) is 5.56 Å². The molecule has 0 aliphatic heterocycles. The summed E-state index contributed by atoms with van der Waals surface area (Å²) in [5, 5.41) is 0. The fraction of sp³-hybridized carbons (Fsp3) is 0.200. The van der Waals surface area contributed by atoms with E-state index in [0.29, 0.717) is 0 Å². The van der Waals surface area contributed by atoms with Crippen LogP contribution in [0.2, 0.25) is 0 Å². The highest BCUT2D eigenvalue weighted by molar-refractivity contribution is 14.1. The average molecular weight is 340 g/mol. The van der Waals surface area contributed by atoms with Gasteiger partial charge in [-0.2, -0.15) is 0 Å². The summed E-state index contributed by atoms with van der Waals surface area (Å²) in [6.07, 6.45) is 5.80. The minimum Gasteiger partial charge on any atom is -0.458 e. The van der Waals surface area contributed by atoms with Gasteiger partial charge in [0.15, 0.2) is 0 Å². The topological polar surface area (TPSA) is 9.23 Å². The van der Waals surface area contributed by atoms with Crippen molar-refractivity contribution in [1.82, 2.24) is 0 Å². The third-order valence-corrected chi connectivity index (χ3v) is 3.01. The molecule has 0 aliphatic carbocycles. The van der Waals surface area contributed by atoms with Crippen LogP contribution >= 0.6 is 22.6 Å². The first-order valence-corrected chi connectivity index (χ1v) is 7.01. The van der Waals surface area contributed by atoms with Crippen molar-refractivity contribution in [2.45, 2.75) is 18.3 Å². The summed E-state index contributed by atoms with van der Waals surface area (Å²) >= 11 is 2.35. The van der Waals surface area contributed by atoms with Gasteiger partial charge < -0.3 is 4.74 Å². The lowest BCUT2D eigenvalue weighted by atomic mass is 10.2. The Morgan fingerprint density at radius 1 is 1.29 bits per heavy atom. The zero-order valence-electron chi connectivity index (χ0n) is 10.2. The molecule has 1 rings (SSSR count). The quantitative estimate of drug-likeness (QED) is 0.316. The first kappa shape index (κ1) is 14.0. The van der Waals surface area contributed by atoms with Crippen molar-refractivity contribution in [3.8, 4) is 5.75 Å². The molecule has 1 aromatic carbocycles. The van der Waals surface area contributed by atoms with Crippen LogP contribution in [0, 0.1) is 0 Å². The Labute approximate surface area is 117 Å². The van der Waals surface area contributed by atoms with Crippen LogP contribution < -0.4 is 4.74 Å². The standard InChI is InChI=1S/C15H17IO/c1-4-14(8-5-12(2)3)17-15-9-6-13(11-16)7-10-15/h4-10H,2,11H2,1,3H3/b8-5-,14-4?. The summed E-state index contributed by atoms with van der Waals surface area (Å²) in [5.74, 6) is 1.69. The van der Waals surface area contributed by atoms with Gasteiger partial charge in [-0.05, 0) is 43.7 Å². The molecular formula is C15H17IO. The normalized spacial score (nSPS) is 11.8. The maximum Gasteiger partial charge on any atom is 0.127 e. The predicted octanol–water partition coefficient (Wildman–Crippen LogP) is 5.04. The molecule has 0 N–H and O–H groups in total. The summed E-state index contributed by atoms with van der Waals surface area (Å²) in [6, 6.07) is 8.15. The summed E-state index contributed by atoms with van der Waals surface area (Å²) < 4.78 is 6.76. The molecule has 0 aromatic heterocycles. The van der Waals surface area contributed by atoms with E-state index in [-0.39, 0.29) is 0 Å². The van der Waals surface area contributed by atoms with Crippen molar-refractivity contribution in [1.29, 1.82) is 0 Å². The molecule has 0 saturated heterocycles. The van der Waals surface area contributed by atoms with Crippen LogP contribution in [0.1, 0.15) is 19.4 Å². The van der Waals surface area contributed by atoms with E-state index >= 15 is 0 Å². The van der Waals surface area contributed by atoms with Crippen LogP contribution in [0.5, 0.6) is 5.75 Å². The van der Waals surface area contributed by atoms with Gasteiger partial charge in [-0.1, -0.05) is 53.0 Å². The van der Waals surface area contributed by atoms with Gasteiger partial charge in [0.2, 0.25) is 0 Å². The average Bonchev–Trinajstić information content (AvgIpc) is 2.35. The summed E-state index contributed by atoms with van der Waals surface area (Å²) in [4.78, 5) is 0. The smallest absolute Gasteiger partial charge is 0.127 e. The number of ether oxygens (including phenoxy) is 1. The van der Waals surface area contributed by atoms with E-state index in [4.69, 9.17) is 4.74 Å². The molecule has 0 bridgehead atoms. The molecule has 0 amide bonds. The van der Waals surface area contributed by atoms with Gasteiger partial charge in [-0.3, -0.25) is 0 Å². The number of rotatable bonds is 5. The van der Waals surface area contributed by atoms with Crippen molar-refractivity contribution in [3.05, 3.63) is 66.0 Å². The summed E-state index contributed by atoms with van der Waals surface area (Å²) in [6.45, 7) is 7.73. The number of alkyl halides is 1. The van der Waals surface area contributed by atoms with E-state index in [1.54, 1.807) is 0 Å². The van der Waals surface area contributed by atoms with Gasteiger partial charge in [0.1, 0.15) is 11.5 Å². The van der Waals surface area contributed by atoms with Crippen molar-refractivity contribution < 1.29 is 4.74 Å². The van der Waals surface area contributed by atoms with Crippen molar-refractivity contribution in [3.63, 3.8) is 0 Å². The molecule has 17 heavy (non-hydrogen) atoms. The zero-order chi connectivity index (χ0) is 12.7. The molecular weight excluding hydrogens is 323 g/mol. The maximum absolute atomic E-state index is 5.74. The molecule has 0 unspecified atom stereocenters. The monoisotopic (exact) mass is 340 g/mol. The molecule has 0 heterocycles. The second-order valence-corrected chi connectivity index (χ2v) is 4.51. The highest BCUT2D eigenvalue weighted by Crippen LogP contribution is 2.17. The van der Waals surface area contributed by atoms with E-state index in [1.807, 2.05) is 44.2 Å². The maximum atomic E-state index is 5.74. The summed E-state index contributed by atoms with van der Waals surface area (Å²) in [5.41, 5.74) is 2.31. The lowest BCUT2D eigenvalue weighted by molar-refractivity contribution is 0.443. The predicted molar refractivity (Wildman–Crippen MR) is 82.5 cm³/mol. The molecule has 0 radical (unpaired) electrons. The fourth-order valence-electron chi connectivity index (χ4n) is 1.20. The van der Waals surface area contributed by atoms with Crippen molar-refractivity contribution in [2.75, 3.05) is 0 Å². The highest BCUT2D eigenvalue weighted by Gasteiger charge is 1.97. The minimum absolute atomic E-state index is 0.829. The molecule has 0 aliphatic rings. The molecule has 0 spiro atoms. The van der Waals surface area contributed by atoms with Crippen LogP contribution in [0.25, 0.3) is 0 Å². The Balaban J connectivity index is 2.71. The van der Waals surface area contributed by atoms with E-state index in [2.05, 4.69) is 41.3 Å². The third kappa shape index (κ3) is 5.22. The largest absolute Gasteiger partial charge is 0.458 e. The van der Waals surface area contributed by atoms with Gasteiger partial charge in [0.25, 0.3) is 0 Å². The Morgan fingerprint density at radius 3 is 2.41 bits per heavy atom. The van der Waals surface area contributed by atoms with Crippen molar-refractivity contribution in [2.24, 2.45) is 0 Å².